The SMILES string of the molecule is Cc1nc(-c2nnn(C)c2CCNC(=O)CC(C)CC(C)(C)C)ccc1O[C@H]1CCC[C@H](C(=O)O)C1. The summed E-state index contributed by atoms with van der Waals surface area (Å²) in [7, 11) is 1.84. The Kier molecular flexibility index (Phi) is 9.08. The Bertz CT molecular complexity index is 1060. The molecule has 2 aromatic rings. The number of aryl methyl sites for hydroxylation is 2. The highest BCUT2D eigenvalue weighted by molar-refractivity contribution is 5.76. The number of rotatable bonds is 10. The van der Waals surface area contributed by atoms with Crippen LogP contribution < -0.4 is 10.1 Å². The van der Waals surface area contributed by atoms with Crippen molar-refractivity contribution in [2.45, 2.75) is 85.7 Å². The molecule has 2 heterocycles. The molecule has 2 N–H and O–H groups in total. The van der Waals surface area contributed by atoms with Crippen LogP contribution in [0.4, 0.5) is 0 Å². The average Bonchev–Trinajstić information content (AvgIpc) is 3.14. The minimum Gasteiger partial charge on any atom is -0.489 e. The molecule has 1 saturated carbocycles. The standard InChI is InChI=1S/C27H41N5O4/c1-17(16-27(3,4)5)14-24(33)28-13-12-22-25(30-31-32(22)6)21-10-11-23(18(2)29-21)36-20-9-7-8-19(15-20)26(34)35/h10-11,17,19-20H,7-9,12-16H2,1-6H3,(H,28,33)(H,34,35)/t17?,19-,20-/m0/s1. The van der Waals surface area contributed by atoms with Crippen LogP contribution in [0.5, 0.6) is 5.75 Å². The molecule has 1 unspecified atom stereocenters. The van der Waals surface area contributed by atoms with Crippen LogP contribution in [-0.2, 0) is 23.1 Å². The predicted molar refractivity (Wildman–Crippen MR) is 138 cm³/mol. The summed E-state index contributed by atoms with van der Waals surface area (Å²) < 4.78 is 7.85. The third-order valence-electron chi connectivity index (χ3n) is 6.67. The van der Waals surface area contributed by atoms with E-state index < -0.39 is 5.97 Å². The fourth-order valence-corrected chi connectivity index (χ4v) is 5.14. The van der Waals surface area contributed by atoms with Gasteiger partial charge in [0.2, 0.25) is 5.91 Å². The molecule has 0 aromatic carbocycles. The first-order valence-corrected chi connectivity index (χ1v) is 13.0. The van der Waals surface area contributed by atoms with E-state index in [2.05, 4.69) is 43.3 Å². The van der Waals surface area contributed by atoms with Crippen molar-refractivity contribution in [3.8, 4) is 17.1 Å². The summed E-state index contributed by atoms with van der Waals surface area (Å²) in [4.78, 5) is 28.5. The Hall–Kier alpha value is -2.97. The zero-order valence-electron chi connectivity index (χ0n) is 22.5. The van der Waals surface area contributed by atoms with Crippen LogP contribution in [0.15, 0.2) is 12.1 Å². The molecule has 0 aliphatic heterocycles. The molecule has 9 nitrogen and oxygen atoms in total. The summed E-state index contributed by atoms with van der Waals surface area (Å²) in [5, 5.41) is 20.9. The van der Waals surface area contributed by atoms with Gasteiger partial charge in [0.25, 0.3) is 0 Å². The van der Waals surface area contributed by atoms with Crippen LogP contribution >= 0.6 is 0 Å². The second kappa shape index (κ2) is 11.8. The first kappa shape index (κ1) is 27.6. The van der Waals surface area contributed by atoms with Crippen LogP contribution in [0.25, 0.3) is 11.4 Å². The molecule has 198 valence electrons. The maximum Gasteiger partial charge on any atom is 0.306 e. The smallest absolute Gasteiger partial charge is 0.306 e. The number of amides is 1. The van der Waals surface area contributed by atoms with Gasteiger partial charge >= 0.3 is 5.97 Å². The summed E-state index contributed by atoms with van der Waals surface area (Å²) in [5.74, 6) is -0.0426. The largest absolute Gasteiger partial charge is 0.489 e. The predicted octanol–water partition coefficient (Wildman–Crippen LogP) is 4.33. The Balaban J connectivity index is 1.60. The van der Waals surface area contributed by atoms with Gasteiger partial charge in [-0.25, -0.2) is 4.98 Å². The highest BCUT2D eigenvalue weighted by Gasteiger charge is 2.28. The maximum atomic E-state index is 12.4. The van der Waals surface area contributed by atoms with Gasteiger partial charge in [-0.05, 0) is 62.5 Å². The van der Waals surface area contributed by atoms with E-state index in [1.807, 2.05) is 26.1 Å². The fraction of sp³-hybridized carbons (Fsp3) is 0.667. The Morgan fingerprint density at radius 3 is 2.69 bits per heavy atom. The molecule has 0 radical (unpaired) electrons. The van der Waals surface area contributed by atoms with E-state index in [9.17, 15) is 14.7 Å². The van der Waals surface area contributed by atoms with E-state index in [1.165, 1.54) is 0 Å². The molecule has 2 aromatic heterocycles. The number of carbonyl (C=O) groups excluding carboxylic acids is 1. The van der Waals surface area contributed by atoms with Gasteiger partial charge in [0.1, 0.15) is 11.4 Å². The van der Waals surface area contributed by atoms with Crippen molar-refractivity contribution in [2.24, 2.45) is 24.3 Å². The number of hydrogen-bond donors (Lipinski definition) is 2. The molecule has 0 bridgehead atoms. The van der Waals surface area contributed by atoms with Crippen LogP contribution in [-0.4, -0.2) is 49.6 Å². The van der Waals surface area contributed by atoms with Crippen LogP contribution in [0.2, 0.25) is 0 Å². The van der Waals surface area contributed by atoms with Gasteiger partial charge in [-0.2, -0.15) is 0 Å². The van der Waals surface area contributed by atoms with Gasteiger partial charge in [-0.3, -0.25) is 14.3 Å². The number of aromatic nitrogens is 4. The average molecular weight is 500 g/mol. The lowest BCUT2D eigenvalue weighted by Gasteiger charge is -2.27. The van der Waals surface area contributed by atoms with Crippen molar-refractivity contribution in [3.63, 3.8) is 0 Å². The molecule has 1 aliphatic rings. The first-order chi connectivity index (χ1) is 16.9. The van der Waals surface area contributed by atoms with Gasteiger partial charge in [0.15, 0.2) is 0 Å². The number of nitrogens with one attached hydrogen (secondary N) is 1. The zero-order chi connectivity index (χ0) is 26.5. The van der Waals surface area contributed by atoms with Gasteiger partial charge in [0, 0.05) is 26.4 Å². The molecule has 0 spiro atoms. The zero-order valence-corrected chi connectivity index (χ0v) is 22.5. The number of nitrogens with zero attached hydrogens (tertiary/aromatic N) is 4. The maximum absolute atomic E-state index is 12.4. The van der Waals surface area contributed by atoms with Crippen molar-refractivity contribution in [1.29, 1.82) is 0 Å². The molecule has 9 heteroatoms. The molecule has 1 aliphatic carbocycles. The van der Waals surface area contributed by atoms with E-state index in [4.69, 9.17) is 9.72 Å². The Morgan fingerprint density at radius 2 is 2.03 bits per heavy atom. The number of carboxylic acids is 1. The molecule has 1 amide bonds. The molecular formula is C27H41N5O4. The second-order valence-electron chi connectivity index (χ2n) is 11.4. The summed E-state index contributed by atoms with van der Waals surface area (Å²) >= 11 is 0. The molecule has 3 atom stereocenters. The van der Waals surface area contributed by atoms with E-state index in [0.717, 1.165) is 30.7 Å². The first-order valence-electron chi connectivity index (χ1n) is 13.0. The van der Waals surface area contributed by atoms with Gasteiger partial charge in [0.05, 0.1) is 29.1 Å². The lowest BCUT2D eigenvalue weighted by molar-refractivity contribution is -0.143. The Morgan fingerprint density at radius 1 is 1.28 bits per heavy atom. The normalized spacial score (nSPS) is 19.1. The highest BCUT2D eigenvalue weighted by Crippen LogP contribution is 2.30. The van der Waals surface area contributed by atoms with Crippen molar-refractivity contribution < 1.29 is 19.4 Å². The molecular weight excluding hydrogens is 458 g/mol. The number of hydrogen-bond acceptors (Lipinski definition) is 6. The summed E-state index contributed by atoms with van der Waals surface area (Å²) in [6.45, 7) is 11.1. The molecule has 36 heavy (non-hydrogen) atoms. The van der Waals surface area contributed by atoms with Crippen molar-refractivity contribution in [1.82, 2.24) is 25.3 Å². The van der Waals surface area contributed by atoms with E-state index in [-0.39, 0.29) is 23.3 Å². The highest BCUT2D eigenvalue weighted by atomic mass is 16.5. The van der Waals surface area contributed by atoms with Crippen LogP contribution in [0.3, 0.4) is 0 Å². The molecule has 1 fully saturated rings. The number of ether oxygens (including phenoxy) is 1. The van der Waals surface area contributed by atoms with E-state index >= 15 is 0 Å². The lowest BCUT2D eigenvalue weighted by Crippen LogP contribution is -2.29. The number of carboxylic acid groups (broad SMARTS) is 1. The third-order valence-corrected chi connectivity index (χ3v) is 6.67. The van der Waals surface area contributed by atoms with Crippen molar-refractivity contribution >= 4 is 11.9 Å². The lowest BCUT2D eigenvalue weighted by atomic mass is 9.84. The second-order valence-corrected chi connectivity index (χ2v) is 11.4. The summed E-state index contributed by atoms with van der Waals surface area (Å²) in [6, 6.07) is 3.74. The van der Waals surface area contributed by atoms with E-state index in [1.54, 1.807) is 4.68 Å². The number of pyridine rings is 1. The minimum absolute atomic E-state index is 0.0618. The topological polar surface area (TPSA) is 119 Å². The monoisotopic (exact) mass is 499 g/mol. The van der Waals surface area contributed by atoms with Gasteiger partial charge < -0.3 is 15.2 Å². The van der Waals surface area contributed by atoms with E-state index in [0.29, 0.717) is 55.3 Å². The summed E-state index contributed by atoms with van der Waals surface area (Å²) in [5.41, 5.74) is 3.21. The number of carbonyl (C=O) groups is 2. The number of aliphatic carboxylic acids is 1. The van der Waals surface area contributed by atoms with Crippen LogP contribution in [0, 0.1) is 24.2 Å². The fourth-order valence-electron chi connectivity index (χ4n) is 5.14. The van der Waals surface area contributed by atoms with Crippen LogP contribution in [0.1, 0.15) is 77.6 Å². The Labute approximate surface area is 214 Å². The minimum atomic E-state index is -0.751. The quantitative estimate of drug-likeness (QED) is 0.499. The van der Waals surface area contributed by atoms with Crippen molar-refractivity contribution in [2.75, 3.05) is 6.54 Å². The third kappa shape index (κ3) is 7.77. The van der Waals surface area contributed by atoms with Gasteiger partial charge in [-0.15, -0.1) is 5.10 Å². The summed E-state index contributed by atoms with van der Waals surface area (Å²) in [6.07, 6.45) is 4.92. The molecule has 3 rings (SSSR count). The van der Waals surface area contributed by atoms with Crippen molar-refractivity contribution in [3.05, 3.63) is 23.5 Å². The molecule has 0 saturated heterocycles. The van der Waals surface area contributed by atoms with Gasteiger partial charge in [-0.1, -0.05) is 32.9 Å².